The van der Waals surface area contributed by atoms with Crippen molar-refractivity contribution in [1.29, 1.82) is 0 Å². The summed E-state index contributed by atoms with van der Waals surface area (Å²) in [4.78, 5) is 2.72. The molecule has 0 spiro atoms. The number of ether oxygens (including phenoxy) is 2. The molecule has 2 bridgehead atoms. The number of hydrogen-bond donors (Lipinski definition) is 0. The maximum Gasteiger partial charge on any atom is 0.160 e. The van der Waals surface area contributed by atoms with Crippen molar-refractivity contribution in [3.05, 3.63) is 23.8 Å². The second-order valence-corrected chi connectivity index (χ2v) is 6.66. The Labute approximate surface area is 128 Å². The highest BCUT2D eigenvalue weighted by Crippen LogP contribution is 2.38. The molecular formula is C18H27NO2. The Morgan fingerprint density at radius 1 is 1.14 bits per heavy atom. The molecule has 0 N–H and O–H groups in total. The highest BCUT2D eigenvalue weighted by Gasteiger charge is 2.37. The van der Waals surface area contributed by atoms with E-state index in [4.69, 9.17) is 9.47 Å². The Morgan fingerprint density at radius 2 is 1.95 bits per heavy atom. The molecule has 0 aromatic heterocycles. The van der Waals surface area contributed by atoms with Crippen molar-refractivity contribution in [3.63, 3.8) is 0 Å². The fourth-order valence-corrected chi connectivity index (χ4v) is 4.23. The van der Waals surface area contributed by atoms with E-state index < -0.39 is 0 Å². The third-order valence-corrected chi connectivity index (χ3v) is 5.33. The third kappa shape index (κ3) is 3.03. The lowest BCUT2D eigenvalue weighted by atomic mass is 9.73. The first-order valence-electron chi connectivity index (χ1n) is 8.16. The zero-order valence-corrected chi connectivity index (χ0v) is 13.5. The Balaban J connectivity index is 1.62. The number of fused-ring (bicyclic) bond motifs is 3. The van der Waals surface area contributed by atoms with Crippen LogP contribution in [0.1, 0.15) is 31.7 Å². The van der Waals surface area contributed by atoms with Crippen LogP contribution < -0.4 is 9.47 Å². The SMILES string of the molecule is COc1ccc(CCN2CC3CCC2C(C)C3)cc1OC. The minimum Gasteiger partial charge on any atom is -0.493 e. The van der Waals surface area contributed by atoms with Crippen molar-refractivity contribution >= 4 is 0 Å². The molecule has 4 rings (SSSR count). The van der Waals surface area contributed by atoms with Gasteiger partial charge in [0.05, 0.1) is 14.2 Å². The number of methoxy groups -OCH3 is 2. The van der Waals surface area contributed by atoms with E-state index in [9.17, 15) is 0 Å². The molecule has 2 aliphatic heterocycles. The van der Waals surface area contributed by atoms with Crippen molar-refractivity contribution in [2.24, 2.45) is 11.8 Å². The van der Waals surface area contributed by atoms with Gasteiger partial charge in [-0.05, 0) is 55.2 Å². The van der Waals surface area contributed by atoms with Gasteiger partial charge in [0.25, 0.3) is 0 Å². The molecule has 1 saturated carbocycles. The molecule has 2 heterocycles. The van der Waals surface area contributed by atoms with Gasteiger partial charge in [-0.1, -0.05) is 13.0 Å². The van der Waals surface area contributed by atoms with Crippen LogP contribution in [0.25, 0.3) is 0 Å². The van der Waals surface area contributed by atoms with Crippen molar-refractivity contribution in [2.75, 3.05) is 27.3 Å². The van der Waals surface area contributed by atoms with Crippen LogP contribution >= 0.6 is 0 Å². The average molecular weight is 289 g/mol. The van der Waals surface area contributed by atoms with Gasteiger partial charge >= 0.3 is 0 Å². The summed E-state index contributed by atoms with van der Waals surface area (Å²) in [5, 5.41) is 0. The summed E-state index contributed by atoms with van der Waals surface area (Å²) < 4.78 is 10.7. The fraction of sp³-hybridized carbons (Fsp3) is 0.667. The molecule has 0 radical (unpaired) electrons. The van der Waals surface area contributed by atoms with E-state index in [1.165, 1.54) is 37.9 Å². The molecule has 1 aromatic carbocycles. The Kier molecular flexibility index (Phi) is 4.39. The van der Waals surface area contributed by atoms with E-state index in [2.05, 4.69) is 24.0 Å². The Morgan fingerprint density at radius 3 is 2.62 bits per heavy atom. The predicted octanol–water partition coefficient (Wildman–Crippen LogP) is 3.37. The number of rotatable bonds is 5. The second kappa shape index (κ2) is 6.27. The number of nitrogens with zero attached hydrogens (tertiary/aromatic N) is 1. The van der Waals surface area contributed by atoms with E-state index >= 15 is 0 Å². The Hall–Kier alpha value is -1.22. The molecule has 2 saturated heterocycles. The predicted molar refractivity (Wildman–Crippen MR) is 85.1 cm³/mol. The highest BCUT2D eigenvalue weighted by atomic mass is 16.5. The van der Waals surface area contributed by atoms with E-state index in [1.807, 2.05) is 6.07 Å². The van der Waals surface area contributed by atoms with E-state index in [-0.39, 0.29) is 0 Å². The average Bonchev–Trinajstić information content (AvgIpc) is 2.52. The van der Waals surface area contributed by atoms with Crippen LogP contribution in [0.4, 0.5) is 0 Å². The maximum absolute atomic E-state index is 5.40. The summed E-state index contributed by atoms with van der Waals surface area (Å²) in [6.07, 6.45) is 5.38. The summed E-state index contributed by atoms with van der Waals surface area (Å²) in [6.45, 7) is 4.91. The first-order valence-corrected chi connectivity index (χ1v) is 8.16. The van der Waals surface area contributed by atoms with Crippen LogP contribution in [0.5, 0.6) is 11.5 Å². The van der Waals surface area contributed by atoms with Crippen LogP contribution in [0.2, 0.25) is 0 Å². The van der Waals surface area contributed by atoms with Crippen molar-refractivity contribution in [3.8, 4) is 11.5 Å². The van der Waals surface area contributed by atoms with Gasteiger partial charge in [-0.25, -0.2) is 0 Å². The molecule has 1 aliphatic carbocycles. The number of hydrogen-bond acceptors (Lipinski definition) is 3. The first-order chi connectivity index (χ1) is 10.2. The largest absolute Gasteiger partial charge is 0.493 e. The monoisotopic (exact) mass is 289 g/mol. The van der Waals surface area contributed by atoms with Gasteiger partial charge in [-0.3, -0.25) is 4.90 Å². The topological polar surface area (TPSA) is 21.7 Å². The summed E-state index contributed by atoms with van der Waals surface area (Å²) in [5.41, 5.74) is 1.33. The van der Waals surface area contributed by atoms with Crippen LogP contribution in [-0.4, -0.2) is 38.3 Å². The van der Waals surface area contributed by atoms with Gasteiger partial charge in [0.2, 0.25) is 0 Å². The van der Waals surface area contributed by atoms with Gasteiger partial charge in [0, 0.05) is 19.1 Å². The van der Waals surface area contributed by atoms with E-state index in [1.54, 1.807) is 14.2 Å². The molecule has 21 heavy (non-hydrogen) atoms. The Bertz CT molecular complexity index is 488. The summed E-state index contributed by atoms with van der Waals surface area (Å²) >= 11 is 0. The number of piperidine rings is 2. The lowest BCUT2D eigenvalue weighted by molar-refractivity contribution is 0.00919. The van der Waals surface area contributed by atoms with Crippen LogP contribution in [0.3, 0.4) is 0 Å². The lowest BCUT2D eigenvalue weighted by Crippen LogP contribution is -2.52. The minimum absolute atomic E-state index is 0.812. The van der Waals surface area contributed by atoms with Gasteiger partial charge in [-0.2, -0.15) is 0 Å². The first kappa shape index (κ1) is 14.7. The standard InChI is InChI=1S/C18H27NO2/c1-13-10-15-4-6-16(13)19(12-15)9-8-14-5-7-17(20-2)18(11-14)21-3/h5,7,11,13,15-16H,4,6,8-10,12H2,1-3H3. The van der Waals surface area contributed by atoms with Crippen LogP contribution in [0, 0.1) is 11.8 Å². The smallest absolute Gasteiger partial charge is 0.160 e. The minimum atomic E-state index is 0.812. The molecule has 3 heteroatoms. The molecular weight excluding hydrogens is 262 g/mol. The molecule has 116 valence electrons. The second-order valence-electron chi connectivity index (χ2n) is 6.66. The molecule has 3 nitrogen and oxygen atoms in total. The van der Waals surface area contributed by atoms with Gasteiger partial charge in [0.15, 0.2) is 11.5 Å². The summed E-state index contributed by atoms with van der Waals surface area (Å²) in [5.74, 6) is 3.47. The quantitative estimate of drug-likeness (QED) is 0.829. The van der Waals surface area contributed by atoms with E-state index in [0.717, 1.165) is 35.8 Å². The summed E-state index contributed by atoms with van der Waals surface area (Å²) in [7, 11) is 3.39. The molecule has 3 aliphatic rings. The molecule has 3 fully saturated rings. The van der Waals surface area contributed by atoms with Crippen LogP contribution in [0.15, 0.2) is 18.2 Å². The molecule has 0 amide bonds. The van der Waals surface area contributed by atoms with Gasteiger partial charge in [0.1, 0.15) is 0 Å². The molecule has 3 unspecified atom stereocenters. The van der Waals surface area contributed by atoms with Crippen molar-refractivity contribution in [1.82, 2.24) is 4.90 Å². The molecule has 3 atom stereocenters. The normalized spacial score (nSPS) is 28.6. The fourth-order valence-electron chi connectivity index (χ4n) is 4.23. The van der Waals surface area contributed by atoms with Crippen molar-refractivity contribution < 1.29 is 9.47 Å². The molecule has 1 aromatic rings. The van der Waals surface area contributed by atoms with Gasteiger partial charge in [-0.15, -0.1) is 0 Å². The lowest BCUT2D eigenvalue weighted by Gasteiger charge is -2.49. The van der Waals surface area contributed by atoms with Gasteiger partial charge < -0.3 is 9.47 Å². The zero-order valence-electron chi connectivity index (χ0n) is 13.5. The van der Waals surface area contributed by atoms with Crippen molar-refractivity contribution in [2.45, 2.75) is 38.6 Å². The van der Waals surface area contributed by atoms with Crippen LogP contribution in [-0.2, 0) is 6.42 Å². The van der Waals surface area contributed by atoms with E-state index in [0.29, 0.717) is 0 Å². The number of benzene rings is 1. The highest BCUT2D eigenvalue weighted by molar-refractivity contribution is 5.42. The third-order valence-electron chi connectivity index (χ3n) is 5.33. The maximum atomic E-state index is 5.40. The zero-order chi connectivity index (χ0) is 14.8. The summed E-state index contributed by atoms with van der Waals surface area (Å²) in [6, 6.07) is 7.10.